The zero-order valence-corrected chi connectivity index (χ0v) is 10.4. The van der Waals surface area contributed by atoms with Crippen molar-refractivity contribution in [2.75, 3.05) is 0 Å². The van der Waals surface area contributed by atoms with Gasteiger partial charge in [0.15, 0.2) is 0 Å². The predicted molar refractivity (Wildman–Crippen MR) is 61.6 cm³/mol. The van der Waals surface area contributed by atoms with Crippen LogP contribution in [0.25, 0.3) is 0 Å². The summed E-state index contributed by atoms with van der Waals surface area (Å²) in [7, 11) is 0. The number of carbonyl (C=O) groups is 1. The van der Waals surface area contributed by atoms with Crippen LogP contribution in [-0.2, 0) is 11.3 Å². The molecule has 0 bridgehead atoms. The summed E-state index contributed by atoms with van der Waals surface area (Å²) in [6, 6.07) is 4.45. The van der Waals surface area contributed by atoms with Gasteiger partial charge in [0.2, 0.25) is 5.91 Å². The number of nitrogens with one attached hydrogen (secondary N) is 1. The van der Waals surface area contributed by atoms with Crippen LogP contribution in [0.15, 0.2) is 18.2 Å². The van der Waals surface area contributed by atoms with Gasteiger partial charge in [-0.05, 0) is 24.6 Å². The topological polar surface area (TPSA) is 29.1 Å². The van der Waals surface area contributed by atoms with Gasteiger partial charge in [-0.2, -0.15) is 0 Å². The molecule has 0 saturated heterocycles. The molecule has 0 saturated carbocycles. The van der Waals surface area contributed by atoms with Crippen LogP contribution in [0.4, 0.5) is 4.39 Å². The van der Waals surface area contributed by atoms with E-state index in [0.717, 1.165) is 0 Å². The molecule has 1 aromatic rings. The third kappa shape index (κ3) is 3.80. The molecule has 82 valence electrons. The molecule has 0 aliphatic carbocycles. The van der Waals surface area contributed by atoms with Crippen molar-refractivity contribution < 1.29 is 9.18 Å². The van der Waals surface area contributed by atoms with Crippen molar-refractivity contribution in [2.24, 2.45) is 0 Å². The molecule has 1 aromatic carbocycles. The first-order chi connectivity index (χ1) is 7.00. The first-order valence-electron chi connectivity index (χ1n) is 4.36. The van der Waals surface area contributed by atoms with E-state index in [1.54, 1.807) is 13.0 Å². The Bertz CT molecular complexity index is 370. The maximum atomic E-state index is 13.0. The summed E-state index contributed by atoms with van der Waals surface area (Å²) >= 11 is 8.66. The number of hydrogen-bond donors (Lipinski definition) is 1. The predicted octanol–water partition coefficient (Wildman–Crippen LogP) is 2.88. The Labute approximate surface area is 101 Å². The third-order valence-electron chi connectivity index (χ3n) is 1.81. The number of carbonyl (C=O) groups excluding carboxylic acids is 1. The molecular weight excluding hydrogens is 284 g/mol. The SMILES string of the molecule is CC(Br)C(=O)NCc1ccc(Cl)c(F)c1. The average Bonchev–Trinajstić information content (AvgIpc) is 2.19. The van der Waals surface area contributed by atoms with Gasteiger partial charge in [0, 0.05) is 6.54 Å². The summed E-state index contributed by atoms with van der Waals surface area (Å²) in [6.45, 7) is 2.01. The molecule has 1 atom stereocenters. The molecule has 5 heteroatoms. The minimum Gasteiger partial charge on any atom is -0.351 e. The maximum absolute atomic E-state index is 13.0. The molecule has 0 aliphatic heterocycles. The van der Waals surface area contributed by atoms with Crippen molar-refractivity contribution in [1.82, 2.24) is 5.32 Å². The zero-order valence-electron chi connectivity index (χ0n) is 8.06. The minimum absolute atomic E-state index is 0.0823. The first-order valence-corrected chi connectivity index (χ1v) is 5.66. The summed E-state index contributed by atoms with van der Waals surface area (Å²) in [6.07, 6.45) is 0. The van der Waals surface area contributed by atoms with Crippen LogP contribution in [0.1, 0.15) is 12.5 Å². The third-order valence-corrected chi connectivity index (χ3v) is 2.53. The molecule has 1 rings (SSSR count). The van der Waals surface area contributed by atoms with Gasteiger partial charge < -0.3 is 5.32 Å². The van der Waals surface area contributed by atoms with Crippen molar-refractivity contribution in [3.05, 3.63) is 34.6 Å². The smallest absolute Gasteiger partial charge is 0.233 e. The van der Waals surface area contributed by atoms with Gasteiger partial charge in [-0.1, -0.05) is 33.6 Å². The fourth-order valence-corrected chi connectivity index (χ4v) is 1.26. The molecule has 0 fully saturated rings. The molecule has 0 radical (unpaired) electrons. The van der Waals surface area contributed by atoms with E-state index < -0.39 is 5.82 Å². The highest BCUT2D eigenvalue weighted by Crippen LogP contribution is 2.15. The van der Waals surface area contributed by atoms with Crippen LogP contribution in [0.5, 0.6) is 0 Å². The Morgan fingerprint density at radius 1 is 1.67 bits per heavy atom. The van der Waals surface area contributed by atoms with Gasteiger partial charge in [-0.25, -0.2) is 4.39 Å². The van der Waals surface area contributed by atoms with E-state index in [9.17, 15) is 9.18 Å². The van der Waals surface area contributed by atoms with Crippen molar-refractivity contribution >= 4 is 33.4 Å². The van der Waals surface area contributed by atoms with E-state index in [0.29, 0.717) is 12.1 Å². The monoisotopic (exact) mass is 293 g/mol. The largest absolute Gasteiger partial charge is 0.351 e. The lowest BCUT2D eigenvalue weighted by atomic mass is 10.2. The number of benzene rings is 1. The Hall–Kier alpha value is -0.610. The number of rotatable bonds is 3. The molecule has 0 spiro atoms. The molecule has 0 aromatic heterocycles. The quantitative estimate of drug-likeness (QED) is 0.853. The Balaban J connectivity index is 2.58. The molecular formula is C10H10BrClFNO. The molecule has 15 heavy (non-hydrogen) atoms. The van der Waals surface area contributed by atoms with Crippen molar-refractivity contribution in [3.63, 3.8) is 0 Å². The zero-order chi connectivity index (χ0) is 11.4. The van der Waals surface area contributed by atoms with Gasteiger partial charge in [-0.15, -0.1) is 0 Å². The first kappa shape index (κ1) is 12.5. The summed E-state index contributed by atoms with van der Waals surface area (Å²) in [4.78, 5) is 10.9. The number of halogens is 3. The number of hydrogen-bond acceptors (Lipinski definition) is 1. The van der Waals surface area contributed by atoms with Gasteiger partial charge >= 0.3 is 0 Å². The van der Waals surface area contributed by atoms with Crippen molar-refractivity contribution in [1.29, 1.82) is 0 Å². The lowest BCUT2D eigenvalue weighted by Gasteiger charge is -2.07. The maximum Gasteiger partial charge on any atom is 0.233 e. The van der Waals surface area contributed by atoms with Gasteiger partial charge in [0.1, 0.15) is 5.82 Å². The van der Waals surface area contributed by atoms with Crippen molar-refractivity contribution in [3.8, 4) is 0 Å². The Kier molecular flexibility index (Phi) is 4.54. The molecule has 0 aliphatic rings. The van der Waals surface area contributed by atoms with E-state index in [4.69, 9.17) is 11.6 Å². The van der Waals surface area contributed by atoms with Crippen LogP contribution in [0.3, 0.4) is 0 Å². The summed E-state index contributed by atoms with van der Waals surface area (Å²) < 4.78 is 13.0. The molecule has 2 nitrogen and oxygen atoms in total. The summed E-state index contributed by atoms with van der Waals surface area (Å²) in [5, 5.41) is 2.73. The highest BCUT2D eigenvalue weighted by molar-refractivity contribution is 9.10. The van der Waals surface area contributed by atoms with Crippen LogP contribution in [0, 0.1) is 5.82 Å². The van der Waals surface area contributed by atoms with Crippen LogP contribution < -0.4 is 5.32 Å². The fraction of sp³-hybridized carbons (Fsp3) is 0.300. The van der Waals surface area contributed by atoms with Crippen LogP contribution in [0.2, 0.25) is 5.02 Å². The average molecular weight is 295 g/mol. The van der Waals surface area contributed by atoms with Gasteiger partial charge in [0.05, 0.1) is 9.85 Å². The Morgan fingerprint density at radius 3 is 2.87 bits per heavy atom. The minimum atomic E-state index is -0.477. The lowest BCUT2D eigenvalue weighted by Crippen LogP contribution is -2.28. The van der Waals surface area contributed by atoms with E-state index >= 15 is 0 Å². The number of alkyl halides is 1. The van der Waals surface area contributed by atoms with Crippen LogP contribution >= 0.6 is 27.5 Å². The molecule has 1 unspecified atom stereocenters. The van der Waals surface area contributed by atoms with E-state index in [1.807, 2.05) is 0 Å². The van der Waals surface area contributed by atoms with Gasteiger partial charge in [-0.3, -0.25) is 4.79 Å². The number of amides is 1. The highest BCUT2D eigenvalue weighted by Gasteiger charge is 2.08. The second-order valence-corrected chi connectivity index (χ2v) is 4.86. The molecule has 1 N–H and O–H groups in total. The molecule has 1 amide bonds. The standard InChI is InChI=1S/C10H10BrClFNO/c1-6(11)10(15)14-5-7-2-3-8(12)9(13)4-7/h2-4,6H,5H2,1H3,(H,14,15). The summed E-state index contributed by atoms with van der Waals surface area (Å²) in [5.74, 6) is -0.610. The lowest BCUT2D eigenvalue weighted by molar-refractivity contribution is -0.120. The van der Waals surface area contributed by atoms with Crippen LogP contribution in [-0.4, -0.2) is 10.7 Å². The molecule has 0 heterocycles. The van der Waals surface area contributed by atoms with E-state index in [-0.39, 0.29) is 15.8 Å². The second-order valence-electron chi connectivity index (χ2n) is 3.08. The Morgan fingerprint density at radius 2 is 2.33 bits per heavy atom. The van der Waals surface area contributed by atoms with Crippen molar-refractivity contribution in [2.45, 2.75) is 18.3 Å². The summed E-state index contributed by atoms with van der Waals surface area (Å²) in [5.41, 5.74) is 0.679. The fourth-order valence-electron chi connectivity index (χ4n) is 0.979. The second kappa shape index (κ2) is 5.47. The van der Waals surface area contributed by atoms with Gasteiger partial charge in [0.25, 0.3) is 0 Å². The van der Waals surface area contributed by atoms with E-state index in [2.05, 4.69) is 21.2 Å². The normalized spacial score (nSPS) is 12.3. The highest BCUT2D eigenvalue weighted by atomic mass is 79.9. The van der Waals surface area contributed by atoms with E-state index in [1.165, 1.54) is 12.1 Å².